The quantitative estimate of drug-likeness (QED) is 0.612. The van der Waals surface area contributed by atoms with E-state index in [9.17, 15) is 10.1 Å². The number of benzene rings is 1. The monoisotopic (exact) mass is 332 g/mol. The van der Waals surface area contributed by atoms with Gasteiger partial charge < -0.3 is 5.32 Å². The topological polar surface area (TPSA) is 55.2 Å². The van der Waals surface area contributed by atoms with Gasteiger partial charge in [-0.15, -0.1) is 0 Å². The molecule has 0 spiro atoms. The van der Waals surface area contributed by atoms with Crippen molar-refractivity contribution in [3.8, 4) is 0 Å². The van der Waals surface area contributed by atoms with Crippen molar-refractivity contribution in [3.05, 3.63) is 38.3 Å². The molecule has 0 amide bonds. The molecule has 1 aromatic carbocycles. The number of non-ortho nitro benzene ring substituents is 1. The Balaban J connectivity index is 2.55. The number of rotatable bonds is 7. The SMILES string of the molecule is CSCCC(C)NCc1ccc([N+](=O)[O-])cc1Br. The van der Waals surface area contributed by atoms with Gasteiger partial charge in [0.2, 0.25) is 0 Å². The Morgan fingerprint density at radius 2 is 2.28 bits per heavy atom. The van der Waals surface area contributed by atoms with Crippen LogP contribution in [0, 0.1) is 10.1 Å². The smallest absolute Gasteiger partial charge is 0.270 e. The number of nitro benzene ring substituents is 1. The first kappa shape index (κ1) is 15.5. The molecule has 0 saturated heterocycles. The molecule has 1 N–H and O–H groups in total. The fraction of sp³-hybridized carbons (Fsp3) is 0.500. The zero-order valence-corrected chi connectivity index (χ0v) is 12.9. The Labute approximate surface area is 120 Å². The number of halogens is 1. The second kappa shape index (κ2) is 7.76. The van der Waals surface area contributed by atoms with Gasteiger partial charge >= 0.3 is 0 Å². The Morgan fingerprint density at radius 1 is 1.56 bits per heavy atom. The fourth-order valence-electron chi connectivity index (χ4n) is 1.47. The van der Waals surface area contributed by atoms with Crippen molar-refractivity contribution in [1.29, 1.82) is 0 Å². The third kappa shape index (κ3) is 4.96. The van der Waals surface area contributed by atoms with Gasteiger partial charge in [0.1, 0.15) is 0 Å². The Hall–Kier alpha value is -0.590. The summed E-state index contributed by atoms with van der Waals surface area (Å²) in [5, 5.41) is 14.0. The third-order valence-electron chi connectivity index (χ3n) is 2.64. The van der Waals surface area contributed by atoms with Crippen LogP contribution in [0.15, 0.2) is 22.7 Å². The van der Waals surface area contributed by atoms with Crippen LogP contribution in [0.1, 0.15) is 18.9 Å². The van der Waals surface area contributed by atoms with E-state index in [4.69, 9.17) is 0 Å². The first-order valence-electron chi connectivity index (χ1n) is 5.69. The molecular weight excluding hydrogens is 316 g/mol. The molecule has 0 saturated carbocycles. The van der Waals surface area contributed by atoms with Crippen LogP contribution in [0.3, 0.4) is 0 Å². The minimum Gasteiger partial charge on any atom is -0.310 e. The predicted molar refractivity (Wildman–Crippen MR) is 80.1 cm³/mol. The van der Waals surface area contributed by atoms with Crippen LogP contribution < -0.4 is 5.32 Å². The van der Waals surface area contributed by atoms with Gasteiger partial charge in [-0.25, -0.2) is 0 Å². The van der Waals surface area contributed by atoms with Gasteiger partial charge in [-0.2, -0.15) is 11.8 Å². The summed E-state index contributed by atoms with van der Waals surface area (Å²) in [6.07, 6.45) is 3.21. The van der Waals surface area contributed by atoms with E-state index in [0.717, 1.165) is 22.2 Å². The first-order chi connectivity index (χ1) is 8.54. The fourth-order valence-corrected chi connectivity index (χ4v) is 2.57. The van der Waals surface area contributed by atoms with E-state index in [2.05, 4.69) is 34.4 Å². The van der Waals surface area contributed by atoms with Crippen molar-refractivity contribution < 1.29 is 4.92 Å². The molecule has 1 atom stereocenters. The van der Waals surface area contributed by atoms with E-state index in [-0.39, 0.29) is 10.6 Å². The molecule has 100 valence electrons. The lowest BCUT2D eigenvalue weighted by Crippen LogP contribution is -2.26. The van der Waals surface area contributed by atoms with Crippen molar-refractivity contribution in [3.63, 3.8) is 0 Å². The number of nitro groups is 1. The molecule has 1 rings (SSSR count). The molecule has 0 aliphatic rings. The second-order valence-electron chi connectivity index (χ2n) is 4.10. The van der Waals surface area contributed by atoms with Gasteiger partial charge in [0.25, 0.3) is 5.69 Å². The molecule has 0 heterocycles. The first-order valence-corrected chi connectivity index (χ1v) is 7.88. The largest absolute Gasteiger partial charge is 0.310 e. The summed E-state index contributed by atoms with van der Waals surface area (Å²) in [6, 6.07) is 5.31. The minimum atomic E-state index is -0.386. The number of hydrogen-bond acceptors (Lipinski definition) is 4. The van der Waals surface area contributed by atoms with Gasteiger partial charge in [-0.1, -0.05) is 15.9 Å². The maximum atomic E-state index is 10.6. The molecule has 18 heavy (non-hydrogen) atoms. The van der Waals surface area contributed by atoms with E-state index in [1.54, 1.807) is 12.1 Å². The molecule has 6 heteroatoms. The number of hydrogen-bond donors (Lipinski definition) is 1. The van der Waals surface area contributed by atoms with Crippen LogP contribution in [-0.4, -0.2) is 23.0 Å². The van der Waals surface area contributed by atoms with Gasteiger partial charge in [0, 0.05) is 29.2 Å². The van der Waals surface area contributed by atoms with E-state index < -0.39 is 0 Å². The summed E-state index contributed by atoms with van der Waals surface area (Å²) in [7, 11) is 0. The standard InChI is InChI=1S/C12H17BrN2O2S/c1-9(5-6-18-2)14-8-10-3-4-11(15(16)17)7-12(10)13/h3-4,7,9,14H,5-6,8H2,1-2H3. The van der Waals surface area contributed by atoms with E-state index >= 15 is 0 Å². The zero-order valence-electron chi connectivity index (χ0n) is 10.5. The van der Waals surface area contributed by atoms with Gasteiger partial charge in [0.15, 0.2) is 0 Å². The van der Waals surface area contributed by atoms with Gasteiger partial charge in [-0.3, -0.25) is 10.1 Å². The van der Waals surface area contributed by atoms with Crippen molar-refractivity contribution in [1.82, 2.24) is 5.32 Å². The highest BCUT2D eigenvalue weighted by atomic mass is 79.9. The maximum absolute atomic E-state index is 10.6. The normalized spacial score (nSPS) is 12.4. The molecule has 0 bridgehead atoms. The highest BCUT2D eigenvalue weighted by Gasteiger charge is 2.09. The van der Waals surface area contributed by atoms with Gasteiger partial charge in [0.05, 0.1) is 4.92 Å². The van der Waals surface area contributed by atoms with Crippen molar-refractivity contribution in [2.45, 2.75) is 25.9 Å². The number of nitrogens with zero attached hydrogens (tertiary/aromatic N) is 1. The molecule has 1 aromatic rings. The summed E-state index contributed by atoms with van der Waals surface area (Å²) in [5.74, 6) is 1.13. The molecule has 4 nitrogen and oxygen atoms in total. The third-order valence-corrected chi connectivity index (χ3v) is 4.03. The zero-order chi connectivity index (χ0) is 13.5. The van der Waals surface area contributed by atoms with Crippen LogP contribution in [0.5, 0.6) is 0 Å². The Kier molecular flexibility index (Phi) is 6.67. The molecule has 1 unspecified atom stereocenters. The summed E-state index contributed by atoms with van der Waals surface area (Å²) in [4.78, 5) is 10.2. The van der Waals surface area contributed by atoms with Crippen LogP contribution in [0.2, 0.25) is 0 Å². The van der Waals surface area contributed by atoms with Crippen LogP contribution in [0.25, 0.3) is 0 Å². The molecular formula is C12H17BrN2O2S. The van der Waals surface area contributed by atoms with Crippen LogP contribution in [0.4, 0.5) is 5.69 Å². The van der Waals surface area contributed by atoms with E-state index in [1.165, 1.54) is 6.07 Å². The Bertz CT molecular complexity index is 415. The van der Waals surface area contributed by atoms with Crippen molar-refractivity contribution in [2.75, 3.05) is 12.0 Å². The lowest BCUT2D eigenvalue weighted by atomic mass is 10.2. The second-order valence-corrected chi connectivity index (χ2v) is 5.94. The summed E-state index contributed by atoms with van der Waals surface area (Å²) < 4.78 is 0.779. The molecule has 0 aliphatic carbocycles. The number of thioether (sulfide) groups is 1. The molecule has 0 fully saturated rings. The summed E-state index contributed by atoms with van der Waals surface area (Å²) >= 11 is 5.21. The highest BCUT2D eigenvalue weighted by molar-refractivity contribution is 9.10. The average Bonchev–Trinajstić information content (AvgIpc) is 2.34. The molecule has 0 aliphatic heterocycles. The molecule has 0 aromatic heterocycles. The minimum absolute atomic E-state index is 0.112. The maximum Gasteiger partial charge on any atom is 0.270 e. The van der Waals surface area contributed by atoms with Gasteiger partial charge in [-0.05, 0) is 37.0 Å². The lowest BCUT2D eigenvalue weighted by Gasteiger charge is -2.13. The lowest BCUT2D eigenvalue weighted by molar-refractivity contribution is -0.384. The van der Waals surface area contributed by atoms with Crippen LogP contribution >= 0.6 is 27.7 Å². The number of nitrogens with one attached hydrogen (secondary N) is 1. The van der Waals surface area contributed by atoms with E-state index in [0.29, 0.717) is 12.6 Å². The van der Waals surface area contributed by atoms with E-state index in [1.807, 2.05) is 11.8 Å². The summed E-state index contributed by atoms with van der Waals surface area (Å²) in [5.41, 5.74) is 1.15. The van der Waals surface area contributed by atoms with Crippen LogP contribution in [-0.2, 0) is 6.54 Å². The van der Waals surface area contributed by atoms with Crippen molar-refractivity contribution >= 4 is 33.4 Å². The highest BCUT2D eigenvalue weighted by Crippen LogP contribution is 2.23. The molecule has 0 radical (unpaired) electrons. The average molecular weight is 333 g/mol. The van der Waals surface area contributed by atoms with Crippen molar-refractivity contribution in [2.24, 2.45) is 0 Å². The Morgan fingerprint density at radius 3 is 2.83 bits per heavy atom. The predicted octanol–water partition coefficient (Wildman–Crippen LogP) is 3.59. The summed E-state index contributed by atoms with van der Waals surface area (Å²) in [6.45, 7) is 2.86.